The molecule has 0 radical (unpaired) electrons. The number of rotatable bonds is 2. The Morgan fingerprint density at radius 2 is 1.72 bits per heavy atom. The average Bonchev–Trinajstić information content (AvgIpc) is 2.77. The SMILES string of the molecule is Fc1cccc(F)c1Cn1cnc2nccnc21. The molecule has 0 saturated heterocycles. The Bertz CT molecular complexity index is 688. The quantitative estimate of drug-likeness (QED) is 0.696. The summed E-state index contributed by atoms with van der Waals surface area (Å²) in [6.45, 7) is 0.0354. The molecule has 0 atom stereocenters. The fraction of sp³-hybridized carbons (Fsp3) is 0.0833. The van der Waals surface area contributed by atoms with Gasteiger partial charge in [0.15, 0.2) is 11.3 Å². The van der Waals surface area contributed by atoms with Gasteiger partial charge in [0.05, 0.1) is 12.9 Å². The van der Waals surface area contributed by atoms with E-state index in [0.717, 1.165) is 0 Å². The third-order valence-corrected chi connectivity index (χ3v) is 2.64. The molecule has 90 valence electrons. The van der Waals surface area contributed by atoms with Crippen LogP contribution in [0.25, 0.3) is 11.3 Å². The zero-order valence-electron chi connectivity index (χ0n) is 9.22. The van der Waals surface area contributed by atoms with E-state index in [-0.39, 0.29) is 12.1 Å². The van der Waals surface area contributed by atoms with Gasteiger partial charge in [-0.2, -0.15) is 0 Å². The van der Waals surface area contributed by atoms with Crippen molar-refractivity contribution in [2.45, 2.75) is 6.54 Å². The van der Waals surface area contributed by atoms with Gasteiger partial charge in [-0.25, -0.2) is 23.7 Å². The summed E-state index contributed by atoms with van der Waals surface area (Å²) < 4.78 is 28.6. The smallest absolute Gasteiger partial charge is 0.197 e. The van der Waals surface area contributed by atoms with Crippen LogP contribution in [0.15, 0.2) is 36.9 Å². The number of benzene rings is 1. The summed E-state index contributed by atoms with van der Waals surface area (Å²) in [6, 6.07) is 3.78. The Morgan fingerprint density at radius 3 is 2.50 bits per heavy atom. The van der Waals surface area contributed by atoms with E-state index in [4.69, 9.17) is 0 Å². The van der Waals surface area contributed by atoms with Gasteiger partial charge in [0.25, 0.3) is 0 Å². The third-order valence-electron chi connectivity index (χ3n) is 2.64. The molecule has 3 aromatic rings. The molecule has 6 heteroatoms. The van der Waals surface area contributed by atoms with Crippen molar-refractivity contribution in [1.82, 2.24) is 19.5 Å². The van der Waals surface area contributed by atoms with E-state index < -0.39 is 11.6 Å². The van der Waals surface area contributed by atoms with E-state index in [9.17, 15) is 8.78 Å². The highest BCUT2D eigenvalue weighted by Crippen LogP contribution is 2.15. The summed E-state index contributed by atoms with van der Waals surface area (Å²) in [5.74, 6) is -1.17. The first-order valence-corrected chi connectivity index (χ1v) is 5.30. The van der Waals surface area contributed by atoms with Crippen LogP contribution in [-0.2, 0) is 6.54 Å². The minimum absolute atomic E-state index is 0.0116. The van der Waals surface area contributed by atoms with Crippen LogP contribution in [0.3, 0.4) is 0 Å². The van der Waals surface area contributed by atoms with Crippen molar-refractivity contribution >= 4 is 11.3 Å². The zero-order chi connectivity index (χ0) is 12.5. The van der Waals surface area contributed by atoms with E-state index in [0.29, 0.717) is 11.3 Å². The number of hydrogen-bond acceptors (Lipinski definition) is 3. The van der Waals surface area contributed by atoms with Crippen LogP contribution in [0.2, 0.25) is 0 Å². The molecule has 0 aliphatic carbocycles. The molecule has 0 bridgehead atoms. The minimum atomic E-state index is -0.583. The largest absolute Gasteiger partial charge is 0.309 e. The molecule has 3 rings (SSSR count). The molecule has 0 fully saturated rings. The maximum absolute atomic E-state index is 13.5. The summed E-state index contributed by atoms with van der Waals surface area (Å²) in [6.07, 6.45) is 4.50. The van der Waals surface area contributed by atoms with Crippen LogP contribution in [0.4, 0.5) is 8.78 Å². The first kappa shape index (κ1) is 10.8. The monoisotopic (exact) mass is 246 g/mol. The summed E-state index contributed by atoms with van der Waals surface area (Å²) in [4.78, 5) is 12.1. The van der Waals surface area contributed by atoms with Gasteiger partial charge in [0, 0.05) is 18.0 Å². The standard InChI is InChI=1S/C12H8F2N4/c13-9-2-1-3-10(14)8(9)6-18-7-17-11-12(18)16-5-4-15-11/h1-5,7H,6H2. The molecule has 0 saturated carbocycles. The normalized spacial score (nSPS) is 11.0. The molecule has 0 aliphatic rings. The van der Waals surface area contributed by atoms with Gasteiger partial charge in [-0.05, 0) is 12.1 Å². The van der Waals surface area contributed by atoms with Gasteiger partial charge < -0.3 is 4.57 Å². The summed E-state index contributed by atoms with van der Waals surface area (Å²) in [5.41, 5.74) is 0.942. The summed E-state index contributed by atoms with van der Waals surface area (Å²) in [7, 11) is 0. The topological polar surface area (TPSA) is 43.6 Å². The zero-order valence-corrected chi connectivity index (χ0v) is 9.22. The second-order valence-electron chi connectivity index (χ2n) is 3.78. The number of aromatic nitrogens is 4. The molecule has 1 aromatic carbocycles. The Kier molecular flexibility index (Phi) is 2.47. The molecule has 2 aromatic heterocycles. The first-order chi connectivity index (χ1) is 8.75. The van der Waals surface area contributed by atoms with Crippen molar-refractivity contribution in [3.8, 4) is 0 Å². The van der Waals surface area contributed by atoms with Crippen molar-refractivity contribution in [2.75, 3.05) is 0 Å². The van der Waals surface area contributed by atoms with E-state index in [1.165, 1.54) is 36.9 Å². The van der Waals surface area contributed by atoms with Crippen molar-refractivity contribution in [1.29, 1.82) is 0 Å². The molecule has 0 aliphatic heterocycles. The number of nitrogens with zero attached hydrogens (tertiary/aromatic N) is 4. The molecule has 4 nitrogen and oxygen atoms in total. The Hall–Kier alpha value is -2.37. The maximum Gasteiger partial charge on any atom is 0.197 e. The fourth-order valence-corrected chi connectivity index (χ4v) is 1.77. The van der Waals surface area contributed by atoms with E-state index in [1.807, 2.05) is 0 Å². The van der Waals surface area contributed by atoms with E-state index in [2.05, 4.69) is 15.0 Å². The molecule has 2 heterocycles. The fourth-order valence-electron chi connectivity index (χ4n) is 1.77. The Labute approximate surface area is 101 Å². The second kappa shape index (κ2) is 4.14. The highest BCUT2D eigenvalue weighted by molar-refractivity contribution is 5.64. The highest BCUT2D eigenvalue weighted by Gasteiger charge is 2.11. The van der Waals surface area contributed by atoms with Gasteiger partial charge in [-0.3, -0.25) is 0 Å². The number of fused-ring (bicyclic) bond motifs is 1. The number of hydrogen-bond donors (Lipinski definition) is 0. The first-order valence-electron chi connectivity index (χ1n) is 5.30. The van der Waals surface area contributed by atoms with Crippen LogP contribution in [0, 0.1) is 11.6 Å². The van der Waals surface area contributed by atoms with E-state index in [1.54, 1.807) is 4.57 Å². The average molecular weight is 246 g/mol. The third kappa shape index (κ3) is 1.71. The lowest BCUT2D eigenvalue weighted by molar-refractivity contribution is 0.546. The summed E-state index contributed by atoms with van der Waals surface area (Å²) in [5, 5.41) is 0. The van der Waals surface area contributed by atoms with Crippen molar-refractivity contribution < 1.29 is 8.78 Å². The molecule has 0 amide bonds. The molecule has 18 heavy (non-hydrogen) atoms. The van der Waals surface area contributed by atoms with Crippen LogP contribution >= 0.6 is 0 Å². The number of halogens is 2. The molecular weight excluding hydrogens is 238 g/mol. The van der Waals surface area contributed by atoms with Gasteiger partial charge in [-0.15, -0.1) is 0 Å². The van der Waals surface area contributed by atoms with Crippen molar-refractivity contribution in [3.63, 3.8) is 0 Å². The van der Waals surface area contributed by atoms with Crippen LogP contribution in [-0.4, -0.2) is 19.5 Å². The summed E-state index contributed by atoms with van der Waals surface area (Å²) >= 11 is 0. The van der Waals surface area contributed by atoms with Crippen molar-refractivity contribution in [2.24, 2.45) is 0 Å². The molecule has 0 unspecified atom stereocenters. The molecule has 0 N–H and O–H groups in total. The minimum Gasteiger partial charge on any atom is -0.309 e. The number of imidazole rings is 1. The Morgan fingerprint density at radius 1 is 1.00 bits per heavy atom. The van der Waals surface area contributed by atoms with Gasteiger partial charge in [0.2, 0.25) is 0 Å². The molecule has 0 spiro atoms. The van der Waals surface area contributed by atoms with Gasteiger partial charge >= 0.3 is 0 Å². The Balaban J connectivity index is 2.07. The maximum atomic E-state index is 13.5. The lowest BCUT2D eigenvalue weighted by atomic mass is 10.2. The highest BCUT2D eigenvalue weighted by atomic mass is 19.1. The van der Waals surface area contributed by atoms with E-state index >= 15 is 0 Å². The lowest BCUT2D eigenvalue weighted by Gasteiger charge is -2.06. The molecular formula is C12H8F2N4. The lowest BCUT2D eigenvalue weighted by Crippen LogP contribution is -2.04. The van der Waals surface area contributed by atoms with Crippen LogP contribution in [0.5, 0.6) is 0 Å². The van der Waals surface area contributed by atoms with Gasteiger partial charge in [0.1, 0.15) is 11.6 Å². The van der Waals surface area contributed by atoms with Crippen LogP contribution < -0.4 is 0 Å². The predicted octanol–water partition coefficient (Wildman–Crippen LogP) is 2.15. The van der Waals surface area contributed by atoms with Crippen LogP contribution in [0.1, 0.15) is 5.56 Å². The van der Waals surface area contributed by atoms with Gasteiger partial charge in [-0.1, -0.05) is 6.07 Å². The second-order valence-corrected chi connectivity index (χ2v) is 3.78. The predicted molar refractivity (Wildman–Crippen MR) is 60.8 cm³/mol. The van der Waals surface area contributed by atoms with Crippen molar-refractivity contribution in [3.05, 3.63) is 54.1 Å².